The van der Waals surface area contributed by atoms with Crippen LogP contribution in [-0.2, 0) is 26.0 Å². The monoisotopic (exact) mass is 539 g/mol. The molecular formula is C24H34BrN3O4S. The molecule has 0 spiro atoms. The lowest BCUT2D eigenvalue weighted by Gasteiger charge is -2.37. The fourth-order valence-corrected chi connectivity index (χ4v) is 7.99. The summed E-state index contributed by atoms with van der Waals surface area (Å²) < 4.78 is 29.8. The number of amides is 2. The molecule has 1 aromatic carbocycles. The Morgan fingerprint density at radius 1 is 1.09 bits per heavy atom. The summed E-state index contributed by atoms with van der Waals surface area (Å²) in [6.45, 7) is 2.87. The molecule has 7 nitrogen and oxygen atoms in total. The van der Waals surface area contributed by atoms with Gasteiger partial charge in [0, 0.05) is 43.6 Å². The first-order valence-corrected chi connectivity index (χ1v) is 14.4. The summed E-state index contributed by atoms with van der Waals surface area (Å²) in [7, 11) is -1.99. The molecule has 0 N–H and O–H groups in total. The first-order chi connectivity index (χ1) is 15.7. The quantitative estimate of drug-likeness (QED) is 0.567. The number of carbonyl (C=O) groups excluding carboxylic acids is 2. The van der Waals surface area contributed by atoms with E-state index in [0.29, 0.717) is 48.9 Å². The van der Waals surface area contributed by atoms with Crippen LogP contribution in [0.5, 0.6) is 0 Å². The van der Waals surface area contributed by atoms with E-state index in [0.717, 1.165) is 31.2 Å². The maximum atomic E-state index is 13.8. The highest BCUT2D eigenvalue weighted by atomic mass is 79.9. The average Bonchev–Trinajstić information content (AvgIpc) is 3.26. The maximum absolute atomic E-state index is 13.8. The predicted octanol–water partition coefficient (Wildman–Crippen LogP) is 3.94. The van der Waals surface area contributed by atoms with Gasteiger partial charge in [0.05, 0.1) is 11.6 Å². The average molecular weight is 541 g/mol. The topological polar surface area (TPSA) is 78.0 Å². The van der Waals surface area contributed by atoms with Crippen molar-refractivity contribution >= 4 is 43.5 Å². The smallest absolute Gasteiger partial charge is 0.245 e. The van der Waals surface area contributed by atoms with Gasteiger partial charge in [0.2, 0.25) is 21.8 Å². The molecule has 1 saturated carbocycles. The lowest BCUT2D eigenvalue weighted by molar-refractivity contribution is -0.138. The Hall–Kier alpha value is -1.45. The molecule has 33 heavy (non-hydrogen) atoms. The molecule has 0 bridgehead atoms. The highest BCUT2D eigenvalue weighted by molar-refractivity contribution is 9.10. The molecular weight excluding hydrogens is 506 g/mol. The minimum absolute atomic E-state index is 0.0593. The molecule has 2 amide bonds. The molecule has 9 heteroatoms. The molecule has 0 radical (unpaired) electrons. The zero-order valence-electron chi connectivity index (χ0n) is 19.6. The second-order valence-electron chi connectivity index (χ2n) is 9.50. The Balaban J connectivity index is 1.59. The van der Waals surface area contributed by atoms with Gasteiger partial charge in [-0.3, -0.25) is 9.59 Å². The Morgan fingerprint density at radius 3 is 2.52 bits per heavy atom. The molecule has 0 aromatic heterocycles. The number of nitrogens with zero attached hydrogens (tertiary/aromatic N) is 3. The van der Waals surface area contributed by atoms with Crippen LogP contribution in [0.25, 0.3) is 0 Å². The number of anilines is 1. The molecule has 3 aliphatic rings. The molecule has 1 unspecified atom stereocenters. The molecule has 2 heterocycles. The van der Waals surface area contributed by atoms with Crippen molar-refractivity contribution in [1.29, 1.82) is 0 Å². The zero-order valence-corrected chi connectivity index (χ0v) is 22.0. The van der Waals surface area contributed by atoms with Crippen molar-refractivity contribution in [2.75, 3.05) is 31.6 Å². The van der Waals surface area contributed by atoms with Gasteiger partial charge >= 0.3 is 0 Å². The van der Waals surface area contributed by atoms with Gasteiger partial charge < -0.3 is 9.80 Å². The van der Waals surface area contributed by atoms with E-state index in [1.54, 1.807) is 17.9 Å². The van der Waals surface area contributed by atoms with E-state index >= 15 is 0 Å². The zero-order chi connectivity index (χ0) is 23.8. The standard InChI is InChI=1S/C24H34BrN3O4S/c1-3-22(29)28-13-11-17-14-19(25)15-21(23(17)28)33(31,32)27-12-7-8-18(16-27)24(30)26(2)20-9-5-4-6-10-20/h14-15,18,20H,3-13,16H2,1-2H3. The number of hydrogen-bond acceptors (Lipinski definition) is 4. The third-order valence-electron chi connectivity index (χ3n) is 7.42. The van der Waals surface area contributed by atoms with Gasteiger partial charge in [-0.1, -0.05) is 42.1 Å². The van der Waals surface area contributed by atoms with Gasteiger partial charge in [0.15, 0.2) is 0 Å². The predicted molar refractivity (Wildman–Crippen MR) is 132 cm³/mol. The van der Waals surface area contributed by atoms with E-state index in [1.165, 1.54) is 10.7 Å². The number of carbonyl (C=O) groups is 2. The van der Waals surface area contributed by atoms with Crippen LogP contribution in [0.15, 0.2) is 21.5 Å². The number of fused-ring (bicyclic) bond motifs is 1. The third-order valence-corrected chi connectivity index (χ3v) is 9.75. The minimum Gasteiger partial charge on any atom is -0.342 e. The fourth-order valence-electron chi connectivity index (χ4n) is 5.54. The van der Waals surface area contributed by atoms with E-state index in [2.05, 4.69) is 15.9 Å². The van der Waals surface area contributed by atoms with Crippen LogP contribution >= 0.6 is 15.9 Å². The van der Waals surface area contributed by atoms with E-state index in [-0.39, 0.29) is 35.2 Å². The summed E-state index contributed by atoms with van der Waals surface area (Å²) in [5.41, 5.74) is 1.38. The summed E-state index contributed by atoms with van der Waals surface area (Å²) in [4.78, 5) is 29.5. The van der Waals surface area contributed by atoms with Crippen LogP contribution in [0.4, 0.5) is 5.69 Å². The summed E-state index contributed by atoms with van der Waals surface area (Å²) in [6, 6.07) is 3.77. The van der Waals surface area contributed by atoms with E-state index in [4.69, 9.17) is 0 Å². The lowest BCUT2D eigenvalue weighted by Crippen LogP contribution is -2.48. The molecule has 2 fully saturated rings. The molecule has 4 rings (SSSR count). The number of sulfonamides is 1. The van der Waals surface area contributed by atoms with Crippen LogP contribution in [0, 0.1) is 5.92 Å². The SMILES string of the molecule is CCC(=O)N1CCc2cc(Br)cc(S(=O)(=O)N3CCCC(C(=O)N(C)C4CCCCC4)C3)c21. The van der Waals surface area contributed by atoms with Gasteiger partial charge in [-0.25, -0.2) is 8.42 Å². The maximum Gasteiger partial charge on any atom is 0.245 e. The van der Waals surface area contributed by atoms with Crippen LogP contribution in [0.2, 0.25) is 0 Å². The second kappa shape index (κ2) is 10.0. The second-order valence-corrected chi connectivity index (χ2v) is 12.3. The summed E-state index contributed by atoms with van der Waals surface area (Å²) in [5, 5.41) is 0. The fraction of sp³-hybridized carbons (Fsp3) is 0.667. The van der Waals surface area contributed by atoms with Gasteiger partial charge in [-0.05, 0) is 49.8 Å². The van der Waals surface area contributed by atoms with Crippen molar-refractivity contribution in [1.82, 2.24) is 9.21 Å². The van der Waals surface area contributed by atoms with Gasteiger partial charge in [-0.15, -0.1) is 0 Å². The van der Waals surface area contributed by atoms with Crippen molar-refractivity contribution in [3.8, 4) is 0 Å². The highest BCUT2D eigenvalue weighted by Crippen LogP contribution is 2.40. The lowest BCUT2D eigenvalue weighted by atomic mass is 9.92. The molecule has 1 aromatic rings. The third kappa shape index (κ3) is 4.86. The van der Waals surface area contributed by atoms with Crippen molar-refractivity contribution in [2.24, 2.45) is 5.92 Å². The van der Waals surface area contributed by atoms with Crippen LogP contribution in [-0.4, -0.2) is 62.2 Å². The Morgan fingerprint density at radius 2 is 1.82 bits per heavy atom. The molecule has 1 saturated heterocycles. The Labute approximate surface area is 205 Å². The first-order valence-electron chi connectivity index (χ1n) is 12.1. The normalized spacial score (nSPS) is 22.3. The number of piperidine rings is 1. The van der Waals surface area contributed by atoms with E-state index in [1.807, 2.05) is 18.0 Å². The van der Waals surface area contributed by atoms with Crippen molar-refractivity contribution in [3.05, 3.63) is 22.2 Å². The number of hydrogen-bond donors (Lipinski definition) is 0. The molecule has 182 valence electrons. The summed E-state index contributed by atoms with van der Waals surface area (Å²) in [5.74, 6) is -0.341. The number of rotatable bonds is 5. The van der Waals surface area contributed by atoms with Crippen LogP contribution < -0.4 is 4.90 Å². The molecule has 1 aliphatic carbocycles. The van der Waals surface area contributed by atoms with E-state index < -0.39 is 10.0 Å². The number of benzene rings is 1. The van der Waals surface area contributed by atoms with Crippen molar-refractivity contribution < 1.29 is 18.0 Å². The highest BCUT2D eigenvalue weighted by Gasteiger charge is 2.39. The van der Waals surface area contributed by atoms with Crippen molar-refractivity contribution in [2.45, 2.75) is 75.6 Å². The summed E-state index contributed by atoms with van der Waals surface area (Å²) in [6.07, 6.45) is 7.90. The number of halogens is 1. The van der Waals surface area contributed by atoms with Crippen LogP contribution in [0.3, 0.4) is 0 Å². The van der Waals surface area contributed by atoms with Crippen LogP contribution in [0.1, 0.15) is 63.9 Å². The molecule has 1 atom stereocenters. The first kappa shape index (κ1) is 24.7. The van der Waals surface area contributed by atoms with Gasteiger partial charge in [0.25, 0.3) is 0 Å². The molecule has 2 aliphatic heterocycles. The van der Waals surface area contributed by atoms with E-state index in [9.17, 15) is 18.0 Å². The minimum atomic E-state index is -3.86. The largest absolute Gasteiger partial charge is 0.342 e. The van der Waals surface area contributed by atoms with Gasteiger partial charge in [-0.2, -0.15) is 4.31 Å². The summed E-state index contributed by atoms with van der Waals surface area (Å²) >= 11 is 3.46. The Kier molecular flexibility index (Phi) is 7.50. The van der Waals surface area contributed by atoms with Crippen molar-refractivity contribution in [3.63, 3.8) is 0 Å². The Bertz CT molecular complexity index is 1020. The van der Waals surface area contributed by atoms with Gasteiger partial charge in [0.1, 0.15) is 4.90 Å².